The fourth-order valence-corrected chi connectivity index (χ4v) is 2.14. The minimum Gasteiger partial charge on any atom is -0.324 e. The van der Waals surface area contributed by atoms with Crippen LogP contribution in [0.3, 0.4) is 0 Å². The summed E-state index contributed by atoms with van der Waals surface area (Å²) in [5, 5.41) is 1.40. The molecule has 1 aromatic rings. The van der Waals surface area contributed by atoms with E-state index in [4.69, 9.17) is 28.9 Å². The normalized spacial score (nSPS) is 13.1. The van der Waals surface area contributed by atoms with Crippen molar-refractivity contribution >= 4 is 23.2 Å². The number of nitrogens with two attached hydrogens (primary N) is 1. The van der Waals surface area contributed by atoms with Crippen LogP contribution in [0.25, 0.3) is 0 Å². The summed E-state index contributed by atoms with van der Waals surface area (Å²) in [6, 6.07) is 5.45. The van der Waals surface area contributed by atoms with Gasteiger partial charge in [-0.05, 0) is 36.1 Å². The second-order valence-corrected chi connectivity index (χ2v) is 5.44. The van der Waals surface area contributed by atoms with E-state index in [1.807, 2.05) is 12.1 Å². The van der Waals surface area contributed by atoms with Crippen molar-refractivity contribution in [1.82, 2.24) is 0 Å². The maximum Gasteiger partial charge on any atom is 0.0454 e. The molecule has 3 heteroatoms. The highest BCUT2D eigenvalue weighted by molar-refractivity contribution is 6.33. The molecule has 1 nitrogen and oxygen atoms in total. The lowest BCUT2D eigenvalue weighted by atomic mass is 9.99. The molecule has 1 aromatic carbocycles. The topological polar surface area (TPSA) is 26.0 Å². The summed E-state index contributed by atoms with van der Waals surface area (Å²) in [7, 11) is 0. The van der Waals surface area contributed by atoms with Crippen LogP contribution >= 0.6 is 23.2 Å². The van der Waals surface area contributed by atoms with E-state index in [9.17, 15) is 0 Å². The van der Waals surface area contributed by atoms with Crippen LogP contribution in [-0.4, -0.2) is 0 Å². The van der Waals surface area contributed by atoms with Gasteiger partial charge >= 0.3 is 0 Å². The average Bonchev–Trinajstić information content (AvgIpc) is 2.21. The van der Waals surface area contributed by atoms with Gasteiger partial charge in [0.05, 0.1) is 0 Å². The molecular formula is C13H19Cl2N. The first-order valence-corrected chi connectivity index (χ1v) is 6.47. The molecule has 0 heterocycles. The Labute approximate surface area is 108 Å². The van der Waals surface area contributed by atoms with Gasteiger partial charge in [0.25, 0.3) is 0 Å². The van der Waals surface area contributed by atoms with Gasteiger partial charge in [-0.2, -0.15) is 0 Å². The molecule has 0 fully saturated rings. The predicted octanol–water partition coefficient (Wildman–Crippen LogP) is 4.82. The second-order valence-electron chi connectivity index (χ2n) is 4.60. The lowest BCUT2D eigenvalue weighted by Crippen LogP contribution is -2.11. The standard InChI is InChI=1S/C13H19Cl2N/c1-9(2)4-3-5-13(16)11-8-10(14)6-7-12(11)15/h6-9,13H,3-5,16H2,1-2H3. The summed E-state index contributed by atoms with van der Waals surface area (Å²) < 4.78 is 0. The Bertz CT molecular complexity index is 337. The molecule has 0 aromatic heterocycles. The summed E-state index contributed by atoms with van der Waals surface area (Å²) in [4.78, 5) is 0. The fourth-order valence-electron chi connectivity index (χ4n) is 1.70. The monoisotopic (exact) mass is 259 g/mol. The molecule has 0 spiro atoms. The zero-order valence-corrected chi connectivity index (χ0v) is 11.4. The van der Waals surface area contributed by atoms with Gasteiger partial charge in [0.2, 0.25) is 0 Å². The van der Waals surface area contributed by atoms with Crippen LogP contribution in [0.15, 0.2) is 18.2 Å². The van der Waals surface area contributed by atoms with Crippen molar-refractivity contribution in [2.75, 3.05) is 0 Å². The molecule has 90 valence electrons. The number of hydrogen-bond donors (Lipinski definition) is 1. The molecule has 0 aliphatic heterocycles. The smallest absolute Gasteiger partial charge is 0.0454 e. The van der Waals surface area contributed by atoms with Crippen LogP contribution < -0.4 is 5.73 Å². The first-order chi connectivity index (χ1) is 7.50. The Balaban J connectivity index is 2.58. The SMILES string of the molecule is CC(C)CCCC(N)c1cc(Cl)ccc1Cl. The third kappa shape index (κ3) is 4.32. The predicted molar refractivity (Wildman–Crippen MR) is 72.1 cm³/mol. The van der Waals surface area contributed by atoms with Crippen LogP contribution in [0, 0.1) is 5.92 Å². The van der Waals surface area contributed by atoms with Crippen molar-refractivity contribution in [3.05, 3.63) is 33.8 Å². The van der Waals surface area contributed by atoms with Gasteiger partial charge in [-0.15, -0.1) is 0 Å². The number of hydrogen-bond acceptors (Lipinski definition) is 1. The molecule has 0 radical (unpaired) electrons. The summed E-state index contributed by atoms with van der Waals surface area (Å²) >= 11 is 12.0. The molecule has 0 saturated heterocycles. The molecule has 16 heavy (non-hydrogen) atoms. The molecule has 0 aliphatic carbocycles. The Hall–Kier alpha value is -0.240. The zero-order chi connectivity index (χ0) is 12.1. The lowest BCUT2D eigenvalue weighted by molar-refractivity contribution is 0.505. The molecule has 1 unspecified atom stereocenters. The molecule has 0 bridgehead atoms. The molecule has 0 saturated carbocycles. The first kappa shape index (κ1) is 13.8. The quantitative estimate of drug-likeness (QED) is 0.807. The maximum atomic E-state index is 6.11. The van der Waals surface area contributed by atoms with E-state index >= 15 is 0 Å². The van der Waals surface area contributed by atoms with Crippen molar-refractivity contribution in [2.45, 2.75) is 39.2 Å². The first-order valence-electron chi connectivity index (χ1n) is 5.71. The largest absolute Gasteiger partial charge is 0.324 e. The summed E-state index contributed by atoms with van der Waals surface area (Å²) in [5.74, 6) is 0.724. The Kier molecular flexibility index (Phi) is 5.60. The molecule has 0 aliphatic rings. The van der Waals surface area contributed by atoms with E-state index in [1.54, 1.807) is 6.07 Å². The van der Waals surface area contributed by atoms with E-state index in [0.29, 0.717) is 10.0 Å². The molecule has 2 N–H and O–H groups in total. The molecule has 1 atom stereocenters. The van der Waals surface area contributed by atoms with E-state index in [2.05, 4.69) is 13.8 Å². The van der Waals surface area contributed by atoms with E-state index in [-0.39, 0.29) is 6.04 Å². The van der Waals surface area contributed by atoms with Crippen LogP contribution in [0.1, 0.15) is 44.7 Å². The minimum atomic E-state index is -0.00931. The molecular weight excluding hydrogens is 241 g/mol. The van der Waals surface area contributed by atoms with Gasteiger partial charge in [-0.25, -0.2) is 0 Å². The van der Waals surface area contributed by atoms with E-state index in [1.165, 1.54) is 6.42 Å². The summed E-state index contributed by atoms with van der Waals surface area (Å²) in [5.41, 5.74) is 7.06. The third-order valence-electron chi connectivity index (χ3n) is 2.65. The lowest BCUT2D eigenvalue weighted by Gasteiger charge is -2.14. The summed E-state index contributed by atoms with van der Waals surface area (Å²) in [6.45, 7) is 4.44. The third-order valence-corrected chi connectivity index (χ3v) is 3.23. The second kappa shape index (κ2) is 6.48. The Morgan fingerprint density at radius 3 is 2.50 bits per heavy atom. The summed E-state index contributed by atoms with van der Waals surface area (Å²) in [6.07, 6.45) is 3.28. The van der Waals surface area contributed by atoms with Crippen LogP contribution in [-0.2, 0) is 0 Å². The van der Waals surface area contributed by atoms with Crippen molar-refractivity contribution < 1.29 is 0 Å². The van der Waals surface area contributed by atoms with Crippen molar-refractivity contribution in [3.8, 4) is 0 Å². The van der Waals surface area contributed by atoms with Gasteiger partial charge in [0, 0.05) is 16.1 Å². The number of rotatable bonds is 5. The molecule has 1 rings (SSSR count). The number of benzene rings is 1. The van der Waals surface area contributed by atoms with Gasteiger partial charge in [0.1, 0.15) is 0 Å². The average molecular weight is 260 g/mol. The van der Waals surface area contributed by atoms with E-state index < -0.39 is 0 Å². The minimum absolute atomic E-state index is 0.00931. The van der Waals surface area contributed by atoms with Crippen molar-refractivity contribution in [1.29, 1.82) is 0 Å². The van der Waals surface area contributed by atoms with Crippen LogP contribution in [0.2, 0.25) is 10.0 Å². The Morgan fingerprint density at radius 2 is 1.88 bits per heavy atom. The van der Waals surface area contributed by atoms with Crippen LogP contribution in [0.4, 0.5) is 0 Å². The fraction of sp³-hybridized carbons (Fsp3) is 0.538. The maximum absolute atomic E-state index is 6.11. The van der Waals surface area contributed by atoms with Crippen molar-refractivity contribution in [2.24, 2.45) is 11.7 Å². The van der Waals surface area contributed by atoms with Crippen LogP contribution in [0.5, 0.6) is 0 Å². The van der Waals surface area contributed by atoms with Gasteiger partial charge < -0.3 is 5.73 Å². The Morgan fingerprint density at radius 1 is 1.19 bits per heavy atom. The highest BCUT2D eigenvalue weighted by Gasteiger charge is 2.10. The zero-order valence-electron chi connectivity index (χ0n) is 9.84. The van der Waals surface area contributed by atoms with Gasteiger partial charge in [-0.1, -0.05) is 49.9 Å². The highest BCUT2D eigenvalue weighted by atomic mass is 35.5. The van der Waals surface area contributed by atoms with Gasteiger partial charge in [0.15, 0.2) is 0 Å². The van der Waals surface area contributed by atoms with Crippen molar-refractivity contribution in [3.63, 3.8) is 0 Å². The van der Waals surface area contributed by atoms with E-state index in [0.717, 1.165) is 24.3 Å². The number of halogens is 2. The van der Waals surface area contributed by atoms with Gasteiger partial charge in [-0.3, -0.25) is 0 Å². The highest BCUT2D eigenvalue weighted by Crippen LogP contribution is 2.28. The molecule has 0 amide bonds.